The van der Waals surface area contributed by atoms with Crippen molar-refractivity contribution in [1.29, 1.82) is 0 Å². The van der Waals surface area contributed by atoms with Crippen molar-refractivity contribution in [2.24, 2.45) is 5.73 Å². The molecule has 22 heavy (non-hydrogen) atoms. The Hall–Kier alpha value is -2.08. The number of piperidine rings is 1. The topological polar surface area (TPSA) is 81.9 Å². The van der Waals surface area contributed by atoms with Gasteiger partial charge in [0.25, 0.3) is 0 Å². The van der Waals surface area contributed by atoms with E-state index in [4.69, 9.17) is 10.5 Å². The van der Waals surface area contributed by atoms with Crippen molar-refractivity contribution in [1.82, 2.24) is 4.90 Å². The van der Waals surface area contributed by atoms with Crippen LogP contribution in [0.5, 0.6) is 0 Å². The van der Waals surface area contributed by atoms with Gasteiger partial charge in [-0.2, -0.15) is 0 Å². The molecule has 1 fully saturated rings. The molecule has 1 heterocycles. The van der Waals surface area contributed by atoms with Gasteiger partial charge in [-0.1, -0.05) is 30.3 Å². The maximum Gasteiger partial charge on any atom is 0.406 e. The quantitative estimate of drug-likeness (QED) is 0.811. The molecule has 1 aromatic carbocycles. The molecule has 2 rings (SSSR count). The van der Waals surface area contributed by atoms with E-state index in [2.05, 4.69) is 4.74 Å². The summed E-state index contributed by atoms with van der Waals surface area (Å²) in [5.41, 5.74) is 6.04. The number of hydrogen-bond acceptors (Lipinski definition) is 4. The van der Waals surface area contributed by atoms with Gasteiger partial charge >= 0.3 is 6.09 Å². The number of hydrogen-bond donors (Lipinski definition) is 1. The number of ether oxygens (including phenoxy) is 2. The second-order valence-corrected chi connectivity index (χ2v) is 5.31. The first-order valence-electron chi connectivity index (χ1n) is 7.50. The van der Waals surface area contributed by atoms with Crippen molar-refractivity contribution in [3.63, 3.8) is 0 Å². The van der Waals surface area contributed by atoms with Crippen LogP contribution in [-0.4, -0.2) is 42.9 Å². The van der Waals surface area contributed by atoms with Crippen LogP contribution >= 0.6 is 0 Å². The molecule has 0 radical (unpaired) electrons. The lowest BCUT2D eigenvalue weighted by Crippen LogP contribution is -2.41. The van der Waals surface area contributed by atoms with Crippen LogP contribution in [0, 0.1) is 0 Å². The minimum Gasteiger partial charge on any atom is -0.422 e. The minimum absolute atomic E-state index is 0.0116. The first kappa shape index (κ1) is 16.3. The zero-order chi connectivity index (χ0) is 15.8. The van der Waals surface area contributed by atoms with Gasteiger partial charge in [0.1, 0.15) is 0 Å². The van der Waals surface area contributed by atoms with E-state index < -0.39 is 6.09 Å². The van der Waals surface area contributed by atoms with Crippen LogP contribution in [0.1, 0.15) is 24.8 Å². The summed E-state index contributed by atoms with van der Waals surface area (Å²) in [6.45, 7) is 1.23. The number of carbonyl (C=O) groups excluding carboxylic acids is 2. The summed E-state index contributed by atoms with van der Waals surface area (Å²) in [6, 6.07) is 10.0. The molecule has 1 aliphatic rings. The van der Waals surface area contributed by atoms with Crippen molar-refractivity contribution < 1.29 is 19.1 Å². The average Bonchev–Trinajstić information content (AvgIpc) is 2.54. The second-order valence-electron chi connectivity index (χ2n) is 5.31. The zero-order valence-electron chi connectivity index (χ0n) is 12.6. The molecule has 1 aliphatic heterocycles. The van der Waals surface area contributed by atoms with Crippen molar-refractivity contribution in [2.45, 2.75) is 31.8 Å². The summed E-state index contributed by atoms with van der Waals surface area (Å²) in [7, 11) is 0. The van der Waals surface area contributed by atoms with Gasteiger partial charge in [0.05, 0.1) is 6.10 Å². The molecule has 1 saturated heterocycles. The van der Waals surface area contributed by atoms with Crippen LogP contribution in [0.25, 0.3) is 0 Å². The van der Waals surface area contributed by atoms with Gasteiger partial charge in [0.15, 0.2) is 6.79 Å². The number of carbonyl (C=O) groups is 2. The lowest BCUT2D eigenvalue weighted by molar-refractivity contribution is -0.135. The fraction of sp³-hybridized carbons (Fsp3) is 0.500. The maximum atomic E-state index is 12.2. The van der Waals surface area contributed by atoms with Gasteiger partial charge in [0, 0.05) is 19.5 Å². The molecule has 0 aliphatic carbocycles. The third-order valence-corrected chi connectivity index (χ3v) is 3.77. The molecule has 2 amide bonds. The SMILES string of the molecule is NC(=O)OCOC1CCN(C(=O)CCc2ccccc2)CC1. The third kappa shape index (κ3) is 5.37. The molecule has 0 atom stereocenters. The number of likely N-dealkylation sites (tertiary alicyclic amines) is 1. The number of amides is 2. The molecule has 0 saturated carbocycles. The van der Waals surface area contributed by atoms with Crippen molar-refractivity contribution >= 4 is 12.0 Å². The second kappa shape index (κ2) is 8.38. The number of nitrogens with zero attached hydrogens (tertiary/aromatic N) is 1. The summed E-state index contributed by atoms with van der Waals surface area (Å²) in [5.74, 6) is 0.177. The number of nitrogens with two attached hydrogens (primary N) is 1. The predicted octanol–water partition coefficient (Wildman–Crippen LogP) is 1.68. The fourth-order valence-electron chi connectivity index (χ4n) is 2.51. The normalized spacial score (nSPS) is 15.5. The van der Waals surface area contributed by atoms with Gasteiger partial charge < -0.3 is 20.1 Å². The summed E-state index contributed by atoms with van der Waals surface area (Å²) in [5, 5.41) is 0. The highest BCUT2D eigenvalue weighted by Gasteiger charge is 2.23. The number of aryl methyl sites for hydroxylation is 1. The van der Waals surface area contributed by atoms with Gasteiger partial charge in [-0.05, 0) is 24.8 Å². The van der Waals surface area contributed by atoms with E-state index in [0.717, 1.165) is 19.3 Å². The van der Waals surface area contributed by atoms with E-state index in [0.29, 0.717) is 19.5 Å². The Morgan fingerprint density at radius 3 is 2.50 bits per heavy atom. The van der Waals surface area contributed by atoms with Crippen molar-refractivity contribution in [2.75, 3.05) is 19.9 Å². The first-order chi connectivity index (χ1) is 10.6. The van der Waals surface area contributed by atoms with Crippen LogP contribution in [0.3, 0.4) is 0 Å². The molecule has 0 bridgehead atoms. The first-order valence-corrected chi connectivity index (χ1v) is 7.50. The van der Waals surface area contributed by atoms with E-state index in [-0.39, 0.29) is 18.8 Å². The summed E-state index contributed by atoms with van der Waals surface area (Å²) < 4.78 is 9.93. The molecule has 6 nitrogen and oxygen atoms in total. The van der Waals surface area contributed by atoms with E-state index >= 15 is 0 Å². The molecule has 120 valence electrons. The maximum absolute atomic E-state index is 12.2. The Kier molecular flexibility index (Phi) is 6.21. The Morgan fingerprint density at radius 1 is 1.18 bits per heavy atom. The van der Waals surface area contributed by atoms with E-state index in [1.54, 1.807) is 0 Å². The van der Waals surface area contributed by atoms with Gasteiger partial charge in [-0.3, -0.25) is 4.79 Å². The molecular formula is C16H22N2O4. The van der Waals surface area contributed by atoms with Crippen LogP contribution in [-0.2, 0) is 20.7 Å². The molecule has 0 unspecified atom stereocenters. The van der Waals surface area contributed by atoms with Crippen molar-refractivity contribution in [3.05, 3.63) is 35.9 Å². The predicted molar refractivity (Wildman–Crippen MR) is 81.0 cm³/mol. The number of benzene rings is 1. The Balaban J connectivity index is 1.65. The van der Waals surface area contributed by atoms with Gasteiger partial charge in [-0.15, -0.1) is 0 Å². The van der Waals surface area contributed by atoms with Gasteiger partial charge in [0.2, 0.25) is 5.91 Å². The Labute approximate surface area is 130 Å². The number of primary amides is 1. The highest BCUT2D eigenvalue weighted by Crippen LogP contribution is 2.15. The molecule has 0 aromatic heterocycles. The highest BCUT2D eigenvalue weighted by atomic mass is 16.7. The lowest BCUT2D eigenvalue weighted by Gasteiger charge is -2.31. The highest BCUT2D eigenvalue weighted by molar-refractivity contribution is 5.76. The zero-order valence-corrected chi connectivity index (χ0v) is 12.6. The molecule has 6 heteroatoms. The Morgan fingerprint density at radius 2 is 1.86 bits per heavy atom. The average molecular weight is 306 g/mol. The standard InChI is InChI=1S/C16H22N2O4/c17-16(20)22-12-21-14-8-10-18(11-9-14)15(19)7-6-13-4-2-1-3-5-13/h1-5,14H,6-12H2,(H2,17,20). The fourth-order valence-corrected chi connectivity index (χ4v) is 2.51. The molecule has 1 aromatic rings. The van der Waals surface area contributed by atoms with Crippen LogP contribution in [0.2, 0.25) is 0 Å². The third-order valence-electron chi connectivity index (χ3n) is 3.77. The van der Waals surface area contributed by atoms with E-state index in [9.17, 15) is 9.59 Å². The largest absolute Gasteiger partial charge is 0.422 e. The monoisotopic (exact) mass is 306 g/mol. The van der Waals surface area contributed by atoms with Crippen LogP contribution in [0.4, 0.5) is 4.79 Å². The lowest BCUT2D eigenvalue weighted by atomic mass is 10.1. The van der Waals surface area contributed by atoms with E-state index in [1.807, 2.05) is 35.2 Å². The molecular weight excluding hydrogens is 284 g/mol. The number of rotatable bonds is 6. The minimum atomic E-state index is -0.839. The van der Waals surface area contributed by atoms with Crippen LogP contribution in [0.15, 0.2) is 30.3 Å². The molecule has 2 N–H and O–H groups in total. The van der Waals surface area contributed by atoms with Gasteiger partial charge in [-0.25, -0.2) is 4.79 Å². The van der Waals surface area contributed by atoms with E-state index in [1.165, 1.54) is 5.56 Å². The summed E-state index contributed by atoms with van der Waals surface area (Å²) >= 11 is 0. The smallest absolute Gasteiger partial charge is 0.406 e. The summed E-state index contributed by atoms with van der Waals surface area (Å²) in [6.07, 6.45) is 1.97. The summed E-state index contributed by atoms with van der Waals surface area (Å²) in [4.78, 5) is 24.5. The van der Waals surface area contributed by atoms with Crippen LogP contribution < -0.4 is 5.73 Å². The Bertz CT molecular complexity index is 484. The van der Waals surface area contributed by atoms with Crippen molar-refractivity contribution in [3.8, 4) is 0 Å². The molecule has 0 spiro atoms.